The number of nitrogens with zero attached hydrogens (tertiary/aromatic N) is 1. The van der Waals surface area contributed by atoms with Gasteiger partial charge in [-0.2, -0.15) is 0 Å². The van der Waals surface area contributed by atoms with Crippen LogP contribution in [0.2, 0.25) is 0 Å². The van der Waals surface area contributed by atoms with Gasteiger partial charge in [-0.1, -0.05) is 32.0 Å². The quantitative estimate of drug-likeness (QED) is 0.837. The Morgan fingerprint density at radius 1 is 1.38 bits per heavy atom. The van der Waals surface area contributed by atoms with E-state index in [-0.39, 0.29) is 6.10 Å². The van der Waals surface area contributed by atoms with Gasteiger partial charge in [-0.3, -0.25) is 4.90 Å². The van der Waals surface area contributed by atoms with Gasteiger partial charge in [0, 0.05) is 24.7 Å². The van der Waals surface area contributed by atoms with Crippen LogP contribution in [0.15, 0.2) is 24.3 Å². The van der Waals surface area contributed by atoms with Crippen LogP contribution in [0.25, 0.3) is 0 Å². The molecule has 1 aromatic rings. The van der Waals surface area contributed by atoms with Gasteiger partial charge < -0.3 is 14.8 Å². The highest BCUT2D eigenvalue weighted by Gasteiger charge is 2.20. The first-order valence-electron chi connectivity index (χ1n) is 8.03. The SMILES string of the molecule is CCNC(C)c1ccccc1OCC1CN(CC)CCO1. The Kier molecular flexibility index (Phi) is 6.49. The van der Waals surface area contributed by atoms with Crippen molar-refractivity contribution in [3.8, 4) is 5.75 Å². The van der Waals surface area contributed by atoms with E-state index in [0.29, 0.717) is 12.6 Å². The predicted molar refractivity (Wildman–Crippen MR) is 85.9 cm³/mol. The van der Waals surface area contributed by atoms with Crippen LogP contribution < -0.4 is 10.1 Å². The number of ether oxygens (including phenoxy) is 2. The molecule has 0 radical (unpaired) electrons. The highest BCUT2D eigenvalue weighted by Crippen LogP contribution is 2.25. The molecule has 1 aliphatic rings. The predicted octanol–water partition coefficient (Wildman–Crippen LogP) is 2.46. The summed E-state index contributed by atoms with van der Waals surface area (Å²) in [6.45, 7) is 11.9. The van der Waals surface area contributed by atoms with Crippen molar-refractivity contribution in [1.82, 2.24) is 10.2 Å². The van der Waals surface area contributed by atoms with Gasteiger partial charge in [0.05, 0.1) is 6.61 Å². The summed E-state index contributed by atoms with van der Waals surface area (Å²) >= 11 is 0. The first-order chi connectivity index (χ1) is 10.2. The van der Waals surface area contributed by atoms with Gasteiger partial charge in [-0.25, -0.2) is 0 Å². The van der Waals surface area contributed by atoms with E-state index in [0.717, 1.165) is 38.5 Å². The number of morpholine rings is 1. The summed E-state index contributed by atoms with van der Waals surface area (Å²) in [5.41, 5.74) is 1.21. The van der Waals surface area contributed by atoms with Gasteiger partial charge in [0.2, 0.25) is 0 Å². The maximum Gasteiger partial charge on any atom is 0.124 e. The lowest BCUT2D eigenvalue weighted by atomic mass is 10.1. The number of nitrogens with one attached hydrogen (secondary N) is 1. The van der Waals surface area contributed by atoms with E-state index in [1.807, 2.05) is 12.1 Å². The highest BCUT2D eigenvalue weighted by atomic mass is 16.5. The molecule has 118 valence electrons. The first kappa shape index (κ1) is 16.3. The fourth-order valence-corrected chi connectivity index (χ4v) is 2.74. The normalized spacial score (nSPS) is 21.2. The van der Waals surface area contributed by atoms with Gasteiger partial charge in [0.25, 0.3) is 0 Å². The van der Waals surface area contributed by atoms with Crippen LogP contribution in [0.5, 0.6) is 5.75 Å². The minimum absolute atomic E-state index is 0.168. The zero-order valence-corrected chi connectivity index (χ0v) is 13.5. The molecule has 4 nitrogen and oxygen atoms in total. The molecule has 1 saturated heterocycles. The number of benzene rings is 1. The van der Waals surface area contributed by atoms with Crippen LogP contribution in [0, 0.1) is 0 Å². The molecule has 1 aliphatic heterocycles. The summed E-state index contributed by atoms with van der Waals surface area (Å²) in [7, 11) is 0. The summed E-state index contributed by atoms with van der Waals surface area (Å²) in [5, 5.41) is 3.44. The molecule has 0 amide bonds. The first-order valence-corrected chi connectivity index (χ1v) is 8.03. The zero-order valence-electron chi connectivity index (χ0n) is 13.5. The van der Waals surface area contributed by atoms with E-state index in [9.17, 15) is 0 Å². The van der Waals surface area contributed by atoms with E-state index in [1.165, 1.54) is 5.56 Å². The van der Waals surface area contributed by atoms with Crippen LogP contribution >= 0.6 is 0 Å². The third-order valence-corrected chi connectivity index (χ3v) is 3.99. The second-order valence-corrected chi connectivity index (χ2v) is 5.51. The number of likely N-dealkylation sites (N-methyl/N-ethyl adjacent to an activating group) is 1. The second-order valence-electron chi connectivity index (χ2n) is 5.51. The lowest BCUT2D eigenvalue weighted by molar-refractivity contribution is -0.0465. The molecule has 1 heterocycles. The summed E-state index contributed by atoms with van der Waals surface area (Å²) in [4.78, 5) is 2.41. The van der Waals surface area contributed by atoms with Gasteiger partial charge in [-0.05, 0) is 26.1 Å². The van der Waals surface area contributed by atoms with Crippen LogP contribution in [0.3, 0.4) is 0 Å². The van der Waals surface area contributed by atoms with Crippen LogP contribution in [0.1, 0.15) is 32.4 Å². The third kappa shape index (κ3) is 4.70. The monoisotopic (exact) mass is 292 g/mol. The summed E-state index contributed by atoms with van der Waals surface area (Å²) in [6, 6.07) is 8.56. The van der Waals surface area contributed by atoms with E-state index in [2.05, 4.69) is 43.1 Å². The lowest BCUT2D eigenvalue weighted by Crippen LogP contribution is -2.44. The maximum absolute atomic E-state index is 6.05. The average molecular weight is 292 g/mol. The molecule has 2 rings (SSSR count). The van der Waals surface area contributed by atoms with E-state index < -0.39 is 0 Å². The van der Waals surface area contributed by atoms with Gasteiger partial charge in [0.1, 0.15) is 18.5 Å². The Morgan fingerprint density at radius 3 is 2.95 bits per heavy atom. The molecular weight excluding hydrogens is 264 g/mol. The van der Waals surface area contributed by atoms with E-state index in [1.54, 1.807) is 0 Å². The third-order valence-electron chi connectivity index (χ3n) is 3.99. The van der Waals surface area contributed by atoms with Crippen molar-refractivity contribution in [1.29, 1.82) is 0 Å². The van der Waals surface area contributed by atoms with Crippen LogP contribution in [-0.4, -0.2) is 50.4 Å². The van der Waals surface area contributed by atoms with Crippen molar-refractivity contribution in [3.63, 3.8) is 0 Å². The lowest BCUT2D eigenvalue weighted by Gasteiger charge is -2.32. The second kappa shape index (κ2) is 8.37. The zero-order chi connectivity index (χ0) is 15.1. The Morgan fingerprint density at radius 2 is 2.19 bits per heavy atom. The molecule has 1 N–H and O–H groups in total. The molecule has 0 bridgehead atoms. The number of hydrogen-bond donors (Lipinski definition) is 1. The Labute approximate surface area is 128 Å². The Bertz CT molecular complexity index is 425. The molecule has 0 saturated carbocycles. The van der Waals surface area contributed by atoms with Gasteiger partial charge in [-0.15, -0.1) is 0 Å². The topological polar surface area (TPSA) is 33.7 Å². The molecule has 1 fully saturated rings. The smallest absolute Gasteiger partial charge is 0.124 e. The molecule has 0 aliphatic carbocycles. The molecule has 2 atom stereocenters. The molecule has 4 heteroatoms. The highest BCUT2D eigenvalue weighted by molar-refractivity contribution is 5.35. The van der Waals surface area contributed by atoms with Gasteiger partial charge >= 0.3 is 0 Å². The van der Waals surface area contributed by atoms with Gasteiger partial charge in [0.15, 0.2) is 0 Å². The Balaban J connectivity index is 1.93. The van der Waals surface area contributed by atoms with Crippen molar-refractivity contribution in [3.05, 3.63) is 29.8 Å². The van der Waals surface area contributed by atoms with Crippen LogP contribution in [0.4, 0.5) is 0 Å². The molecule has 0 spiro atoms. The van der Waals surface area contributed by atoms with Crippen molar-refractivity contribution >= 4 is 0 Å². The number of para-hydroxylation sites is 1. The molecule has 2 unspecified atom stereocenters. The van der Waals surface area contributed by atoms with E-state index >= 15 is 0 Å². The molecule has 1 aromatic carbocycles. The number of rotatable bonds is 7. The number of hydrogen-bond acceptors (Lipinski definition) is 4. The molecule has 21 heavy (non-hydrogen) atoms. The molecular formula is C17H28N2O2. The van der Waals surface area contributed by atoms with Crippen molar-refractivity contribution in [2.45, 2.75) is 32.9 Å². The molecule has 0 aromatic heterocycles. The van der Waals surface area contributed by atoms with Crippen molar-refractivity contribution in [2.75, 3.05) is 39.4 Å². The largest absolute Gasteiger partial charge is 0.490 e. The average Bonchev–Trinajstić information content (AvgIpc) is 2.53. The minimum atomic E-state index is 0.168. The fraction of sp³-hybridized carbons (Fsp3) is 0.647. The Hall–Kier alpha value is -1.10. The van der Waals surface area contributed by atoms with Crippen LogP contribution in [-0.2, 0) is 4.74 Å². The summed E-state index contributed by atoms with van der Waals surface area (Å²) in [6.07, 6.45) is 0.168. The summed E-state index contributed by atoms with van der Waals surface area (Å²) in [5.74, 6) is 0.961. The van der Waals surface area contributed by atoms with Crippen molar-refractivity contribution in [2.24, 2.45) is 0 Å². The minimum Gasteiger partial charge on any atom is -0.490 e. The maximum atomic E-state index is 6.05. The standard InChI is InChI=1S/C17H28N2O2/c1-4-18-14(3)16-8-6-7-9-17(16)21-13-15-12-19(5-2)10-11-20-15/h6-9,14-15,18H,4-5,10-13H2,1-3H3. The summed E-state index contributed by atoms with van der Waals surface area (Å²) < 4.78 is 11.8. The van der Waals surface area contributed by atoms with E-state index in [4.69, 9.17) is 9.47 Å². The van der Waals surface area contributed by atoms with Crippen molar-refractivity contribution < 1.29 is 9.47 Å². The fourth-order valence-electron chi connectivity index (χ4n) is 2.74.